The van der Waals surface area contributed by atoms with Crippen LogP contribution in [-0.2, 0) is 16.6 Å². The third-order valence-electron chi connectivity index (χ3n) is 4.35. The largest absolute Gasteiger partial charge is 0.453 e. The molecule has 28 heavy (non-hydrogen) atoms. The van der Waals surface area contributed by atoms with Crippen LogP contribution in [0.15, 0.2) is 54.5 Å². The van der Waals surface area contributed by atoms with Gasteiger partial charge in [-0.05, 0) is 19.3 Å². The standard InChI is InChI=1S/C22H32N2O3S/c1-6-7-8-9-12-18-16-28-20(24-18)22(3,4)19(25)13-10-11-17(2)14-15-23-21(26)27-5/h6,8-11,16,19,25H,1-2,7,12-15H2,3-5H3,(H,23,26)/b9-8+,11-10-/t19-/m1/s1. The molecule has 0 saturated heterocycles. The van der Waals surface area contributed by atoms with Crippen molar-refractivity contribution < 1.29 is 14.6 Å². The summed E-state index contributed by atoms with van der Waals surface area (Å²) in [6.07, 6.45) is 11.6. The molecule has 1 aromatic heterocycles. The van der Waals surface area contributed by atoms with E-state index in [4.69, 9.17) is 4.98 Å². The Hall–Kier alpha value is -2.18. The molecule has 0 aliphatic rings. The maximum absolute atomic E-state index is 11.0. The van der Waals surface area contributed by atoms with E-state index in [1.54, 1.807) is 11.3 Å². The van der Waals surface area contributed by atoms with E-state index >= 15 is 0 Å². The second kappa shape index (κ2) is 12.3. The van der Waals surface area contributed by atoms with E-state index in [0.29, 0.717) is 19.4 Å². The third kappa shape index (κ3) is 8.23. The first-order valence-corrected chi connectivity index (χ1v) is 10.2. The van der Waals surface area contributed by atoms with Gasteiger partial charge in [0.2, 0.25) is 0 Å². The van der Waals surface area contributed by atoms with Crippen molar-refractivity contribution >= 4 is 17.4 Å². The van der Waals surface area contributed by atoms with Crippen molar-refractivity contribution in [2.24, 2.45) is 0 Å². The number of alkyl carbamates (subject to hydrolysis) is 1. The van der Waals surface area contributed by atoms with Crippen molar-refractivity contribution in [2.45, 2.75) is 51.0 Å². The van der Waals surface area contributed by atoms with Gasteiger partial charge >= 0.3 is 6.09 Å². The molecule has 154 valence electrons. The van der Waals surface area contributed by atoms with Gasteiger partial charge in [0, 0.05) is 23.8 Å². The SMILES string of the molecule is C=CC/C=C/Cc1csc(C(C)(C)[C@H](O)C/C=C\C(=C)CCNC(=O)OC)n1. The number of carbonyl (C=O) groups is 1. The van der Waals surface area contributed by atoms with E-state index in [0.717, 1.165) is 29.1 Å². The van der Waals surface area contributed by atoms with Crippen molar-refractivity contribution in [1.29, 1.82) is 0 Å². The van der Waals surface area contributed by atoms with Crippen LogP contribution in [0.1, 0.15) is 43.8 Å². The molecule has 0 radical (unpaired) electrons. The number of hydrogen-bond acceptors (Lipinski definition) is 5. The molecule has 1 amide bonds. The zero-order valence-electron chi connectivity index (χ0n) is 17.1. The van der Waals surface area contributed by atoms with Gasteiger partial charge < -0.3 is 15.2 Å². The van der Waals surface area contributed by atoms with Crippen LogP contribution in [0.4, 0.5) is 4.79 Å². The van der Waals surface area contributed by atoms with Crippen molar-refractivity contribution in [1.82, 2.24) is 10.3 Å². The molecule has 1 atom stereocenters. The van der Waals surface area contributed by atoms with Gasteiger partial charge in [-0.15, -0.1) is 17.9 Å². The molecule has 6 heteroatoms. The van der Waals surface area contributed by atoms with Crippen LogP contribution in [0.25, 0.3) is 0 Å². The lowest BCUT2D eigenvalue weighted by Gasteiger charge is -2.27. The third-order valence-corrected chi connectivity index (χ3v) is 5.58. The number of aliphatic hydroxyl groups excluding tert-OH is 1. The Morgan fingerprint density at radius 2 is 2.18 bits per heavy atom. The van der Waals surface area contributed by atoms with Crippen LogP contribution < -0.4 is 5.32 Å². The van der Waals surface area contributed by atoms with Crippen molar-refractivity contribution in [3.8, 4) is 0 Å². The average Bonchev–Trinajstić information content (AvgIpc) is 3.14. The summed E-state index contributed by atoms with van der Waals surface area (Å²) in [5.41, 5.74) is 1.46. The zero-order chi connectivity index (χ0) is 21.0. The lowest BCUT2D eigenvalue weighted by Crippen LogP contribution is -2.33. The van der Waals surface area contributed by atoms with E-state index in [2.05, 4.69) is 35.4 Å². The van der Waals surface area contributed by atoms with Crippen LogP contribution in [-0.4, -0.2) is 35.9 Å². The molecule has 0 aliphatic carbocycles. The van der Waals surface area contributed by atoms with Gasteiger partial charge in [-0.2, -0.15) is 0 Å². The van der Waals surface area contributed by atoms with E-state index in [1.165, 1.54) is 7.11 Å². The van der Waals surface area contributed by atoms with Gasteiger partial charge in [-0.25, -0.2) is 9.78 Å². The highest BCUT2D eigenvalue weighted by atomic mass is 32.1. The normalized spacial score (nSPS) is 13.0. The molecule has 0 aromatic carbocycles. The molecule has 0 fully saturated rings. The maximum atomic E-state index is 11.0. The van der Waals surface area contributed by atoms with Gasteiger partial charge in [-0.3, -0.25) is 0 Å². The number of carbonyl (C=O) groups excluding carboxylic acids is 1. The van der Waals surface area contributed by atoms with Crippen LogP contribution in [0.2, 0.25) is 0 Å². The summed E-state index contributed by atoms with van der Waals surface area (Å²) >= 11 is 1.59. The summed E-state index contributed by atoms with van der Waals surface area (Å²) in [5, 5.41) is 16.3. The highest BCUT2D eigenvalue weighted by Crippen LogP contribution is 2.31. The Bertz CT molecular complexity index is 704. The highest BCUT2D eigenvalue weighted by Gasteiger charge is 2.32. The number of ether oxygens (including phenoxy) is 1. The summed E-state index contributed by atoms with van der Waals surface area (Å²) in [7, 11) is 1.33. The Kier molecular flexibility index (Phi) is 10.5. The highest BCUT2D eigenvalue weighted by molar-refractivity contribution is 7.09. The number of hydrogen-bond donors (Lipinski definition) is 2. The predicted octanol–water partition coefficient (Wildman–Crippen LogP) is 4.71. The molecule has 1 aromatic rings. The second-order valence-electron chi connectivity index (χ2n) is 7.05. The van der Waals surface area contributed by atoms with Crippen LogP contribution in [0.3, 0.4) is 0 Å². The van der Waals surface area contributed by atoms with Gasteiger partial charge in [0.05, 0.1) is 18.9 Å². The summed E-state index contributed by atoms with van der Waals surface area (Å²) < 4.78 is 4.51. The van der Waals surface area contributed by atoms with Crippen LogP contribution in [0.5, 0.6) is 0 Å². The zero-order valence-corrected chi connectivity index (χ0v) is 17.9. The van der Waals surface area contributed by atoms with Gasteiger partial charge in [0.25, 0.3) is 0 Å². The van der Waals surface area contributed by atoms with E-state index in [9.17, 15) is 9.90 Å². The van der Waals surface area contributed by atoms with Crippen LogP contribution in [0, 0.1) is 0 Å². The molecular weight excluding hydrogens is 372 g/mol. The van der Waals surface area contributed by atoms with Gasteiger partial charge in [0.1, 0.15) is 5.01 Å². The van der Waals surface area contributed by atoms with Crippen molar-refractivity contribution in [3.05, 3.63) is 65.2 Å². The molecule has 1 rings (SSSR count). The number of nitrogens with zero attached hydrogens (tertiary/aromatic N) is 1. The minimum atomic E-state index is -0.556. The summed E-state index contributed by atoms with van der Waals surface area (Å²) in [4.78, 5) is 15.7. The topological polar surface area (TPSA) is 71.5 Å². The fourth-order valence-electron chi connectivity index (χ4n) is 2.37. The second-order valence-corrected chi connectivity index (χ2v) is 7.90. The van der Waals surface area contributed by atoms with Crippen molar-refractivity contribution in [3.63, 3.8) is 0 Å². The molecule has 2 N–H and O–H groups in total. The predicted molar refractivity (Wildman–Crippen MR) is 117 cm³/mol. The molecule has 0 saturated carbocycles. The number of thiazole rings is 1. The molecule has 0 aliphatic heterocycles. The molecule has 0 spiro atoms. The average molecular weight is 405 g/mol. The monoisotopic (exact) mass is 404 g/mol. The number of nitrogens with one attached hydrogen (secondary N) is 1. The Balaban J connectivity index is 2.52. The number of allylic oxidation sites excluding steroid dienone is 4. The summed E-state index contributed by atoms with van der Waals surface area (Å²) in [5.74, 6) is 0. The van der Waals surface area contributed by atoms with E-state index in [-0.39, 0.29) is 0 Å². The van der Waals surface area contributed by atoms with Crippen molar-refractivity contribution in [2.75, 3.05) is 13.7 Å². The molecule has 0 unspecified atom stereocenters. The minimum Gasteiger partial charge on any atom is -0.453 e. The van der Waals surface area contributed by atoms with E-state index < -0.39 is 17.6 Å². The van der Waals surface area contributed by atoms with Crippen LogP contribution >= 0.6 is 11.3 Å². The Labute approximate surface area is 172 Å². The first-order chi connectivity index (χ1) is 13.3. The number of aromatic nitrogens is 1. The molecule has 5 nitrogen and oxygen atoms in total. The van der Waals surface area contributed by atoms with Gasteiger partial charge in [0.15, 0.2) is 0 Å². The first kappa shape index (κ1) is 23.9. The first-order valence-electron chi connectivity index (χ1n) is 9.36. The van der Waals surface area contributed by atoms with E-state index in [1.807, 2.05) is 37.5 Å². The summed E-state index contributed by atoms with van der Waals surface area (Å²) in [6, 6.07) is 0. The lowest BCUT2D eigenvalue weighted by atomic mass is 9.85. The lowest BCUT2D eigenvalue weighted by molar-refractivity contribution is 0.102. The Morgan fingerprint density at radius 3 is 2.86 bits per heavy atom. The number of methoxy groups -OCH3 is 1. The van der Waals surface area contributed by atoms with Gasteiger partial charge in [-0.1, -0.05) is 56.4 Å². The maximum Gasteiger partial charge on any atom is 0.406 e. The fourth-order valence-corrected chi connectivity index (χ4v) is 3.38. The summed E-state index contributed by atoms with van der Waals surface area (Å²) in [6.45, 7) is 12.1. The number of amides is 1. The molecular formula is C22H32N2O3S. The minimum absolute atomic E-state index is 0.439. The molecule has 1 heterocycles. The number of aliphatic hydroxyl groups is 1. The Morgan fingerprint density at radius 1 is 1.43 bits per heavy atom. The molecule has 0 bridgehead atoms. The smallest absolute Gasteiger partial charge is 0.406 e. The fraction of sp³-hybridized carbons (Fsp3) is 0.455. The quantitative estimate of drug-likeness (QED) is 0.391. The number of rotatable bonds is 12.